The van der Waals surface area contributed by atoms with Gasteiger partial charge in [0.15, 0.2) is 0 Å². The summed E-state index contributed by atoms with van der Waals surface area (Å²) in [6.45, 7) is 2.76. The maximum atomic E-state index is 13.3. The van der Waals surface area contributed by atoms with Gasteiger partial charge in [0, 0.05) is 42.5 Å². The number of benzene rings is 1. The Bertz CT molecular complexity index is 1270. The standard InChI is InChI=1S/C26H27N3O9/c1-16-21(25(31)37-12-11-35-3)23(19-8-4-5-9-20(19)29(33)34)22(17(2)28-16)26(32)38-14-13-36-24(30)18-7-6-10-27-15-18/h4-10,15,23,28H,11-14H2,1-3H3. The van der Waals surface area contributed by atoms with E-state index in [1.54, 1.807) is 26.0 Å². The molecule has 38 heavy (non-hydrogen) atoms. The van der Waals surface area contributed by atoms with E-state index in [4.69, 9.17) is 18.9 Å². The number of aromatic nitrogens is 1. The second-order valence-corrected chi connectivity index (χ2v) is 8.09. The number of nitrogens with zero attached hydrogens (tertiary/aromatic N) is 2. The number of nitro benzene ring substituents is 1. The average Bonchev–Trinajstić information content (AvgIpc) is 2.90. The second-order valence-electron chi connectivity index (χ2n) is 8.09. The van der Waals surface area contributed by atoms with E-state index in [1.807, 2.05) is 0 Å². The zero-order chi connectivity index (χ0) is 27.7. The highest BCUT2D eigenvalue weighted by Gasteiger charge is 2.40. The van der Waals surface area contributed by atoms with Gasteiger partial charge in [-0.2, -0.15) is 0 Å². The van der Waals surface area contributed by atoms with E-state index >= 15 is 0 Å². The minimum absolute atomic E-state index is 0.0119. The highest BCUT2D eigenvalue weighted by molar-refractivity contribution is 6.00. The number of hydrogen-bond acceptors (Lipinski definition) is 11. The smallest absolute Gasteiger partial charge is 0.339 e. The molecule has 1 atom stereocenters. The number of methoxy groups -OCH3 is 1. The van der Waals surface area contributed by atoms with Crippen molar-refractivity contribution in [3.05, 3.63) is 92.6 Å². The summed E-state index contributed by atoms with van der Waals surface area (Å²) in [6, 6.07) is 8.93. The Balaban J connectivity index is 1.87. The molecule has 0 spiro atoms. The van der Waals surface area contributed by atoms with E-state index in [0.717, 1.165) is 0 Å². The molecule has 12 heteroatoms. The molecule has 0 saturated heterocycles. The Hall–Kier alpha value is -4.58. The number of hydrogen-bond donors (Lipinski definition) is 1. The van der Waals surface area contributed by atoms with E-state index < -0.39 is 28.7 Å². The highest BCUT2D eigenvalue weighted by atomic mass is 16.6. The van der Waals surface area contributed by atoms with Crippen LogP contribution in [0.3, 0.4) is 0 Å². The quantitative estimate of drug-likeness (QED) is 0.151. The first kappa shape index (κ1) is 28.0. The van der Waals surface area contributed by atoms with Crippen molar-refractivity contribution in [3.8, 4) is 0 Å². The van der Waals surface area contributed by atoms with Gasteiger partial charge in [-0.25, -0.2) is 14.4 Å². The number of dihydropyridines is 1. The monoisotopic (exact) mass is 525 g/mol. The number of carbonyl (C=O) groups is 3. The molecule has 12 nitrogen and oxygen atoms in total. The first-order valence-electron chi connectivity index (χ1n) is 11.6. The lowest BCUT2D eigenvalue weighted by molar-refractivity contribution is -0.385. The molecular weight excluding hydrogens is 498 g/mol. The lowest BCUT2D eigenvalue weighted by Crippen LogP contribution is -2.33. The van der Waals surface area contributed by atoms with Gasteiger partial charge in [0.1, 0.15) is 19.8 Å². The summed E-state index contributed by atoms with van der Waals surface area (Å²) >= 11 is 0. The topological polar surface area (TPSA) is 156 Å². The van der Waals surface area contributed by atoms with E-state index in [-0.39, 0.29) is 54.4 Å². The van der Waals surface area contributed by atoms with Gasteiger partial charge < -0.3 is 24.3 Å². The molecule has 1 N–H and O–H groups in total. The zero-order valence-electron chi connectivity index (χ0n) is 21.1. The lowest BCUT2D eigenvalue weighted by atomic mass is 9.79. The zero-order valence-corrected chi connectivity index (χ0v) is 21.1. The van der Waals surface area contributed by atoms with E-state index in [1.165, 1.54) is 43.8 Å². The molecular formula is C26H27N3O9. The van der Waals surface area contributed by atoms with Gasteiger partial charge in [-0.1, -0.05) is 18.2 Å². The van der Waals surface area contributed by atoms with Crippen LogP contribution in [-0.2, 0) is 28.5 Å². The molecule has 0 saturated carbocycles. The van der Waals surface area contributed by atoms with Gasteiger partial charge in [-0.15, -0.1) is 0 Å². The Morgan fingerprint density at radius 3 is 2.03 bits per heavy atom. The predicted molar refractivity (Wildman–Crippen MR) is 133 cm³/mol. The fraction of sp³-hybridized carbons (Fsp3) is 0.308. The number of carbonyl (C=O) groups excluding carboxylic acids is 3. The van der Waals surface area contributed by atoms with E-state index in [0.29, 0.717) is 11.4 Å². The normalized spacial score (nSPS) is 15.0. The SMILES string of the molecule is COCCOC(=O)C1=C(C)NC(C)=C(C(=O)OCCOC(=O)c2cccnc2)C1c1ccccc1[N+](=O)[O-]. The van der Waals surface area contributed by atoms with Gasteiger partial charge in [0.2, 0.25) is 0 Å². The highest BCUT2D eigenvalue weighted by Crippen LogP contribution is 2.42. The molecule has 1 aliphatic rings. The van der Waals surface area contributed by atoms with Crippen LogP contribution < -0.4 is 5.32 Å². The number of para-hydroxylation sites is 1. The van der Waals surface area contributed by atoms with Crippen LogP contribution in [0.15, 0.2) is 71.3 Å². The number of rotatable bonds is 11. The molecule has 1 aromatic carbocycles. The van der Waals surface area contributed by atoms with Gasteiger partial charge >= 0.3 is 17.9 Å². The number of nitrogens with one attached hydrogen (secondary N) is 1. The van der Waals surface area contributed by atoms with Crippen molar-refractivity contribution >= 4 is 23.6 Å². The predicted octanol–water partition coefficient (Wildman–Crippen LogP) is 2.81. The van der Waals surface area contributed by atoms with E-state index in [9.17, 15) is 24.5 Å². The molecule has 0 amide bonds. The van der Waals surface area contributed by atoms with Crippen LogP contribution in [0.25, 0.3) is 0 Å². The summed E-state index contributed by atoms with van der Waals surface area (Å²) in [6.07, 6.45) is 2.85. The number of allylic oxidation sites excluding steroid dienone is 2. The molecule has 1 aromatic heterocycles. The van der Waals surface area contributed by atoms with Gasteiger partial charge in [-0.05, 0) is 26.0 Å². The minimum atomic E-state index is -1.15. The summed E-state index contributed by atoms with van der Waals surface area (Å²) in [5.41, 5.74) is 0.802. The van der Waals surface area contributed by atoms with Gasteiger partial charge in [0.25, 0.3) is 5.69 Å². The number of nitro groups is 1. The fourth-order valence-electron chi connectivity index (χ4n) is 3.95. The molecule has 0 aliphatic carbocycles. The van der Waals surface area contributed by atoms with Crippen LogP contribution in [-0.4, -0.2) is 61.4 Å². The third-order valence-electron chi connectivity index (χ3n) is 5.61. The average molecular weight is 526 g/mol. The third-order valence-corrected chi connectivity index (χ3v) is 5.61. The summed E-state index contributed by atoms with van der Waals surface area (Å²) < 4.78 is 20.7. The molecule has 2 heterocycles. The summed E-state index contributed by atoms with van der Waals surface area (Å²) in [5.74, 6) is -3.40. The summed E-state index contributed by atoms with van der Waals surface area (Å²) in [5, 5.41) is 14.8. The molecule has 1 unspecified atom stereocenters. The van der Waals surface area contributed by atoms with Crippen LogP contribution in [0.1, 0.15) is 35.7 Å². The first-order chi connectivity index (χ1) is 18.3. The van der Waals surface area contributed by atoms with Crippen molar-refractivity contribution in [1.29, 1.82) is 0 Å². The second kappa shape index (κ2) is 13.1. The molecule has 0 fully saturated rings. The van der Waals surface area contributed by atoms with Crippen LogP contribution in [0, 0.1) is 10.1 Å². The van der Waals surface area contributed by atoms with Crippen LogP contribution >= 0.6 is 0 Å². The maximum absolute atomic E-state index is 13.3. The van der Waals surface area contributed by atoms with Crippen molar-refractivity contribution in [3.63, 3.8) is 0 Å². The van der Waals surface area contributed by atoms with Crippen molar-refractivity contribution in [2.45, 2.75) is 19.8 Å². The molecule has 0 bridgehead atoms. The summed E-state index contributed by atoms with van der Waals surface area (Å²) in [7, 11) is 1.45. The van der Waals surface area contributed by atoms with Crippen LogP contribution in [0.5, 0.6) is 0 Å². The van der Waals surface area contributed by atoms with Crippen molar-refractivity contribution in [2.75, 3.05) is 33.5 Å². The summed E-state index contributed by atoms with van der Waals surface area (Å²) in [4.78, 5) is 53.6. The molecule has 200 valence electrons. The Morgan fingerprint density at radius 2 is 1.47 bits per heavy atom. The van der Waals surface area contributed by atoms with Crippen LogP contribution in [0.2, 0.25) is 0 Å². The number of ether oxygens (including phenoxy) is 4. The minimum Gasteiger partial charge on any atom is -0.460 e. The number of pyridine rings is 1. The Labute approximate surface area is 218 Å². The largest absolute Gasteiger partial charge is 0.460 e. The Kier molecular flexibility index (Phi) is 9.66. The van der Waals surface area contributed by atoms with Crippen molar-refractivity contribution in [1.82, 2.24) is 10.3 Å². The maximum Gasteiger partial charge on any atom is 0.339 e. The number of esters is 3. The fourth-order valence-corrected chi connectivity index (χ4v) is 3.95. The third kappa shape index (κ3) is 6.59. The lowest BCUT2D eigenvalue weighted by Gasteiger charge is -2.30. The van der Waals surface area contributed by atoms with E-state index in [2.05, 4.69) is 10.3 Å². The first-order valence-corrected chi connectivity index (χ1v) is 11.6. The van der Waals surface area contributed by atoms with Crippen LogP contribution in [0.4, 0.5) is 5.69 Å². The molecule has 3 rings (SSSR count). The van der Waals surface area contributed by atoms with Crippen molar-refractivity contribution < 1.29 is 38.3 Å². The van der Waals surface area contributed by atoms with Gasteiger partial charge in [-0.3, -0.25) is 15.1 Å². The molecule has 1 aliphatic heterocycles. The molecule has 2 aromatic rings. The van der Waals surface area contributed by atoms with Gasteiger partial charge in [0.05, 0.1) is 34.2 Å². The Morgan fingerprint density at radius 1 is 0.895 bits per heavy atom. The molecule has 0 radical (unpaired) electrons. The van der Waals surface area contributed by atoms with Crippen molar-refractivity contribution in [2.24, 2.45) is 0 Å².